The minimum atomic E-state index is -3.76. The third-order valence-corrected chi connectivity index (χ3v) is 10.1. The lowest BCUT2D eigenvalue weighted by atomic mass is 9.95. The van der Waals surface area contributed by atoms with Crippen molar-refractivity contribution in [3.8, 4) is 5.75 Å². The predicted octanol–water partition coefficient (Wildman–Crippen LogP) is 5.17. The van der Waals surface area contributed by atoms with Gasteiger partial charge in [-0.3, -0.25) is 4.79 Å². The Morgan fingerprint density at radius 1 is 1.10 bits per heavy atom. The van der Waals surface area contributed by atoms with Crippen LogP contribution in [0.3, 0.4) is 0 Å². The minimum absolute atomic E-state index is 0.0173. The van der Waals surface area contributed by atoms with Crippen molar-refractivity contribution in [2.24, 2.45) is 5.92 Å². The first-order valence-electron chi connectivity index (χ1n) is 13.7. The van der Waals surface area contributed by atoms with Gasteiger partial charge in [-0.2, -0.15) is 0 Å². The third kappa shape index (κ3) is 7.87. The number of benzene rings is 2. The van der Waals surface area contributed by atoms with Crippen LogP contribution in [0.5, 0.6) is 5.75 Å². The van der Waals surface area contributed by atoms with Gasteiger partial charge in [-0.15, -0.1) is 0 Å². The number of aryl methyl sites for hydroxylation is 2. The molecule has 0 aliphatic carbocycles. The van der Waals surface area contributed by atoms with Gasteiger partial charge in [0.25, 0.3) is 0 Å². The van der Waals surface area contributed by atoms with E-state index in [1.54, 1.807) is 39.2 Å². The van der Waals surface area contributed by atoms with Crippen LogP contribution >= 0.6 is 11.6 Å². The van der Waals surface area contributed by atoms with Gasteiger partial charge in [0.1, 0.15) is 5.75 Å². The molecule has 1 aliphatic rings. The van der Waals surface area contributed by atoms with Crippen LogP contribution in [0.4, 0.5) is 11.4 Å². The van der Waals surface area contributed by atoms with Gasteiger partial charge in [-0.1, -0.05) is 25.4 Å². The van der Waals surface area contributed by atoms with E-state index in [4.69, 9.17) is 16.3 Å². The van der Waals surface area contributed by atoms with Crippen LogP contribution in [0.1, 0.15) is 44.2 Å². The zero-order valence-electron chi connectivity index (χ0n) is 24.1. The molecule has 0 bridgehead atoms. The molecule has 39 heavy (non-hydrogen) atoms. The number of carbonyl (C=O) groups is 1. The summed E-state index contributed by atoms with van der Waals surface area (Å²) in [6, 6.07) is 8.96. The highest BCUT2D eigenvalue weighted by Crippen LogP contribution is 2.32. The smallest absolute Gasteiger partial charge is 0.243 e. The molecule has 0 atom stereocenters. The van der Waals surface area contributed by atoms with Crippen molar-refractivity contribution in [2.45, 2.75) is 51.9 Å². The van der Waals surface area contributed by atoms with E-state index in [0.717, 1.165) is 51.3 Å². The van der Waals surface area contributed by atoms with Crippen LogP contribution in [0.25, 0.3) is 0 Å². The summed E-state index contributed by atoms with van der Waals surface area (Å²) < 4.78 is 32.9. The number of sulfonamides is 1. The van der Waals surface area contributed by atoms with E-state index in [1.165, 1.54) is 11.4 Å². The fourth-order valence-electron chi connectivity index (χ4n) is 5.24. The quantitative estimate of drug-likeness (QED) is 0.374. The van der Waals surface area contributed by atoms with Crippen molar-refractivity contribution < 1.29 is 17.9 Å². The Morgan fingerprint density at radius 3 is 2.26 bits per heavy atom. The van der Waals surface area contributed by atoms with Crippen molar-refractivity contribution in [3.63, 3.8) is 0 Å². The number of piperidine rings is 1. The van der Waals surface area contributed by atoms with E-state index in [-0.39, 0.29) is 23.8 Å². The summed E-state index contributed by atoms with van der Waals surface area (Å²) in [4.78, 5) is 17.7. The fraction of sp³-hybridized carbons (Fsp3) is 0.552. The Morgan fingerprint density at radius 2 is 1.72 bits per heavy atom. The molecule has 0 spiro atoms. The second-order valence-corrected chi connectivity index (χ2v) is 12.7. The summed E-state index contributed by atoms with van der Waals surface area (Å²) in [6.07, 6.45) is 2.29. The number of nitrogens with zero attached hydrogens (tertiary/aromatic N) is 3. The van der Waals surface area contributed by atoms with E-state index in [0.29, 0.717) is 33.5 Å². The maximum Gasteiger partial charge on any atom is 0.243 e. The van der Waals surface area contributed by atoms with Crippen molar-refractivity contribution >= 4 is 38.9 Å². The summed E-state index contributed by atoms with van der Waals surface area (Å²) in [6.45, 7) is 13.2. The second-order valence-electron chi connectivity index (χ2n) is 10.3. The molecule has 0 radical (unpaired) electrons. The molecular weight excluding hydrogens is 536 g/mol. The summed E-state index contributed by atoms with van der Waals surface area (Å²) in [7, 11) is -0.729. The Hall–Kier alpha value is -2.33. The number of amides is 1. The Bertz CT molecular complexity index is 1220. The molecule has 1 saturated heterocycles. The first-order chi connectivity index (χ1) is 18.5. The minimum Gasteiger partial charge on any atom is -0.497 e. The zero-order chi connectivity index (χ0) is 28.7. The Kier molecular flexibility index (Phi) is 11.1. The lowest BCUT2D eigenvalue weighted by molar-refractivity contribution is -0.116. The standard InChI is InChI=1S/C29H43ClN4O4S/c1-7-33(8-2)20-23-11-15-34(16-12-23)27-10-9-24(19-26(27)30)31-28(35)13-14-32(5)39(36,37)29-21(3)17-25(38-6)18-22(29)4/h9-10,17-19,23H,7-8,11-16,20H2,1-6H3,(H,31,35). The van der Waals surface area contributed by atoms with Gasteiger partial charge in [-0.05, 0) is 87.2 Å². The number of halogens is 1. The van der Waals surface area contributed by atoms with Gasteiger partial charge in [0.15, 0.2) is 0 Å². The molecule has 1 N–H and O–H groups in total. The summed E-state index contributed by atoms with van der Waals surface area (Å²) in [5.41, 5.74) is 2.78. The number of anilines is 2. The molecule has 0 aromatic heterocycles. The van der Waals surface area contributed by atoms with Crippen LogP contribution in [-0.4, -0.2) is 77.0 Å². The molecule has 1 aliphatic heterocycles. The molecule has 216 valence electrons. The maximum atomic E-state index is 13.2. The average molecular weight is 579 g/mol. The summed E-state index contributed by atoms with van der Waals surface area (Å²) in [5.74, 6) is 1.04. The maximum absolute atomic E-state index is 13.2. The largest absolute Gasteiger partial charge is 0.497 e. The van der Waals surface area contributed by atoms with E-state index in [9.17, 15) is 13.2 Å². The molecule has 2 aromatic carbocycles. The number of hydrogen-bond donors (Lipinski definition) is 1. The van der Waals surface area contributed by atoms with Crippen molar-refractivity contribution in [1.82, 2.24) is 9.21 Å². The van der Waals surface area contributed by atoms with Crippen molar-refractivity contribution in [3.05, 3.63) is 46.5 Å². The summed E-state index contributed by atoms with van der Waals surface area (Å²) in [5, 5.41) is 3.45. The Balaban J connectivity index is 1.55. The number of ether oxygens (including phenoxy) is 1. The number of methoxy groups -OCH3 is 1. The summed E-state index contributed by atoms with van der Waals surface area (Å²) >= 11 is 6.62. The van der Waals surface area contributed by atoms with Gasteiger partial charge in [-0.25, -0.2) is 12.7 Å². The second kappa shape index (κ2) is 13.8. The molecule has 2 aromatic rings. The fourth-order valence-corrected chi connectivity index (χ4v) is 7.11. The molecule has 1 amide bonds. The molecule has 1 fully saturated rings. The Labute approximate surface area is 239 Å². The van der Waals surface area contributed by atoms with Gasteiger partial charge in [0.05, 0.1) is 22.7 Å². The SMILES string of the molecule is CCN(CC)CC1CCN(c2ccc(NC(=O)CCN(C)S(=O)(=O)c3c(C)cc(OC)cc3C)cc2Cl)CC1. The monoisotopic (exact) mass is 578 g/mol. The van der Waals surface area contributed by atoms with E-state index >= 15 is 0 Å². The van der Waals surface area contributed by atoms with Gasteiger partial charge < -0.3 is 19.9 Å². The number of nitrogens with one attached hydrogen (secondary N) is 1. The third-order valence-electron chi connectivity index (χ3n) is 7.59. The van der Waals surface area contributed by atoms with Crippen LogP contribution in [0, 0.1) is 19.8 Å². The number of rotatable bonds is 12. The highest BCUT2D eigenvalue weighted by Gasteiger charge is 2.26. The van der Waals surface area contributed by atoms with E-state index in [1.807, 2.05) is 12.1 Å². The van der Waals surface area contributed by atoms with Crippen molar-refractivity contribution in [2.75, 3.05) is 63.6 Å². The molecule has 3 rings (SSSR count). The highest BCUT2D eigenvalue weighted by molar-refractivity contribution is 7.89. The van der Waals surface area contributed by atoms with E-state index in [2.05, 4.69) is 29.0 Å². The first-order valence-corrected chi connectivity index (χ1v) is 15.5. The van der Waals surface area contributed by atoms with Crippen molar-refractivity contribution in [1.29, 1.82) is 0 Å². The molecule has 0 saturated carbocycles. The lowest BCUT2D eigenvalue weighted by Crippen LogP contribution is -2.38. The molecule has 0 unspecified atom stereocenters. The normalized spacial score (nSPS) is 14.7. The van der Waals surface area contributed by atoms with Crippen LogP contribution in [0.15, 0.2) is 35.2 Å². The number of carbonyl (C=O) groups excluding carboxylic acids is 1. The van der Waals surface area contributed by atoms with Crippen LogP contribution in [-0.2, 0) is 14.8 Å². The molecule has 10 heteroatoms. The van der Waals surface area contributed by atoms with Crippen LogP contribution < -0.4 is 15.0 Å². The lowest BCUT2D eigenvalue weighted by Gasteiger charge is -2.36. The van der Waals surface area contributed by atoms with Gasteiger partial charge in [0.2, 0.25) is 15.9 Å². The molecular formula is C29H43ClN4O4S. The zero-order valence-corrected chi connectivity index (χ0v) is 25.7. The van der Waals surface area contributed by atoms with Crippen LogP contribution in [0.2, 0.25) is 5.02 Å². The first kappa shape index (κ1) is 31.2. The number of hydrogen-bond acceptors (Lipinski definition) is 6. The average Bonchev–Trinajstić information content (AvgIpc) is 2.90. The van der Waals surface area contributed by atoms with Gasteiger partial charge in [0, 0.05) is 45.3 Å². The molecule has 1 heterocycles. The van der Waals surface area contributed by atoms with Gasteiger partial charge >= 0.3 is 0 Å². The highest BCUT2D eigenvalue weighted by atomic mass is 35.5. The topological polar surface area (TPSA) is 82.2 Å². The molecule has 8 nitrogen and oxygen atoms in total. The van der Waals surface area contributed by atoms with E-state index < -0.39 is 10.0 Å². The predicted molar refractivity (Wildman–Crippen MR) is 160 cm³/mol.